The van der Waals surface area contributed by atoms with E-state index in [1.54, 1.807) is 0 Å². The number of halogens is 1. The number of carbonyl (C=O) groups is 1. The van der Waals surface area contributed by atoms with E-state index >= 15 is 0 Å². The van der Waals surface area contributed by atoms with Crippen LogP contribution in [0, 0.1) is 0 Å². The molecule has 2 bridgehead atoms. The number of hydrogen-bond acceptors (Lipinski definition) is 3. The molecule has 4 N–H and O–H groups in total. The van der Waals surface area contributed by atoms with Crippen molar-refractivity contribution in [3.63, 3.8) is 0 Å². The third-order valence-electron chi connectivity index (χ3n) is 2.34. The molecule has 0 aromatic rings. The Morgan fingerprint density at radius 1 is 1.36 bits per heavy atom. The van der Waals surface area contributed by atoms with E-state index in [4.69, 9.17) is 16.2 Å². The largest absolute Gasteiger partial charge is 0.443 e. The van der Waals surface area contributed by atoms with Crippen LogP contribution in [0.3, 0.4) is 0 Å². The number of hydrogen-bond donors (Lipinski definition) is 2. The summed E-state index contributed by atoms with van der Waals surface area (Å²) in [6.45, 7) is 0. The van der Waals surface area contributed by atoms with E-state index in [0.29, 0.717) is 0 Å². The third kappa shape index (κ3) is 1.06. The zero-order valence-electron chi connectivity index (χ0n) is 6.00. The van der Waals surface area contributed by atoms with Crippen LogP contribution in [0.1, 0.15) is 19.3 Å². The highest BCUT2D eigenvalue weighted by Gasteiger charge is 2.68. The summed E-state index contributed by atoms with van der Waals surface area (Å²) in [4.78, 5) is 10.3. The van der Waals surface area contributed by atoms with Gasteiger partial charge in [-0.3, -0.25) is 0 Å². The topological polar surface area (TPSA) is 78.3 Å². The van der Waals surface area contributed by atoms with Crippen LogP contribution in [0.15, 0.2) is 0 Å². The Morgan fingerprint density at radius 2 is 1.82 bits per heavy atom. The van der Waals surface area contributed by atoms with Crippen molar-refractivity contribution in [2.24, 2.45) is 11.5 Å². The number of primary amides is 1. The molecule has 11 heavy (non-hydrogen) atoms. The third-order valence-corrected chi connectivity index (χ3v) is 2.34. The first-order chi connectivity index (χ1) is 4.54. The normalized spacial score (nSPS) is 44.5. The van der Waals surface area contributed by atoms with Gasteiger partial charge < -0.3 is 16.2 Å². The molecule has 0 spiro atoms. The SMILES string of the molecule is Cl.NC(=O)OC12CC(N)(C1)C2. The minimum Gasteiger partial charge on any atom is -0.443 e. The molecule has 1 amide bonds. The minimum absolute atomic E-state index is 0. The zero-order chi connectivity index (χ0) is 7.41. The molecule has 0 heterocycles. The second-order valence-corrected chi connectivity index (χ2v) is 3.50. The van der Waals surface area contributed by atoms with Gasteiger partial charge >= 0.3 is 6.09 Å². The van der Waals surface area contributed by atoms with Gasteiger partial charge in [-0.1, -0.05) is 0 Å². The lowest BCUT2D eigenvalue weighted by Crippen LogP contribution is -2.78. The highest BCUT2D eigenvalue weighted by molar-refractivity contribution is 5.85. The van der Waals surface area contributed by atoms with Crippen LogP contribution in [-0.2, 0) is 4.74 Å². The molecule has 3 rings (SSSR count). The van der Waals surface area contributed by atoms with Crippen molar-refractivity contribution in [2.75, 3.05) is 0 Å². The number of carbonyl (C=O) groups excluding carboxylic acids is 1. The Hall–Kier alpha value is -0.480. The molecule has 0 radical (unpaired) electrons. The summed E-state index contributed by atoms with van der Waals surface area (Å²) in [5.74, 6) is 0. The van der Waals surface area contributed by atoms with Gasteiger partial charge in [0.15, 0.2) is 0 Å². The molecular formula is C6H11ClN2O2. The van der Waals surface area contributed by atoms with E-state index in [0.717, 1.165) is 19.3 Å². The average molecular weight is 179 g/mol. The first-order valence-electron chi connectivity index (χ1n) is 3.31. The van der Waals surface area contributed by atoms with Gasteiger partial charge in [-0.25, -0.2) is 4.79 Å². The van der Waals surface area contributed by atoms with Crippen molar-refractivity contribution in [3.8, 4) is 0 Å². The fourth-order valence-electron chi connectivity index (χ4n) is 2.09. The summed E-state index contributed by atoms with van der Waals surface area (Å²) in [5.41, 5.74) is 10.3. The van der Waals surface area contributed by atoms with E-state index in [9.17, 15) is 4.79 Å². The lowest BCUT2D eigenvalue weighted by atomic mass is 9.47. The molecule has 0 saturated heterocycles. The summed E-state index contributed by atoms with van der Waals surface area (Å²) in [6, 6.07) is 0. The second-order valence-electron chi connectivity index (χ2n) is 3.50. The molecule has 3 fully saturated rings. The van der Waals surface area contributed by atoms with Crippen LogP contribution < -0.4 is 11.5 Å². The standard InChI is InChI=1S/C6H10N2O2.ClH/c7-4(9)10-6-1-5(8,2-6)3-6;/h1-3,8H2,(H2,7,9);1H. The van der Waals surface area contributed by atoms with E-state index in [1.807, 2.05) is 0 Å². The second kappa shape index (κ2) is 2.01. The predicted octanol–water partition coefficient (Wildman–Crippen LogP) is 0.137. The highest BCUT2D eigenvalue weighted by atomic mass is 35.5. The van der Waals surface area contributed by atoms with Gasteiger partial charge in [0.2, 0.25) is 0 Å². The number of nitrogens with two attached hydrogens (primary N) is 2. The van der Waals surface area contributed by atoms with E-state index < -0.39 is 6.09 Å². The predicted molar refractivity (Wildman–Crippen MR) is 41.4 cm³/mol. The van der Waals surface area contributed by atoms with Gasteiger partial charge in [-0.05, 0) is 0 Å². The van der Waals surface area contributed by atoms with Crippen LogP contribution in [0.2, 0.25) is 0 Å². The number of ether oxygens (including phenoxy) is 1. The fraction of sp³-hybridized carbons (Fsp3) is 0.833. The molecule has 0 unspecified atom stereocenters. The van der Waals surface area contributed by atoms with Crippen molar-refractivity contribution in [1.82, 2.24) is 0 Å². The molecule has 0 aromatic heterocycles. The minimum atomic E-state index is -0.679. The highest BCUT2D eigenvalue weighted by Crippen LogP contribution is 2.60. The number of amides is 1. The van der Waals surface area contributed by atoms with Crippen molar-refractivity contribution in [2.45, 2.75) is 30.4 Å². The Kier molecular flexibility index (Phi) is 1.58. The molecule has 4 nitrogen and oxygen atoms in total. The summed E-state index contributed by atoms with van der Waals surface area (Å²) in [5, 5.41) is 0. The average Bonchev–Trinajstić information content (AvgIpc) is 1.56. The maximum Gasteiger partial charge on any atom is 0.405 e. The van der Waals surface area contributed by atoms with E-state index in [1.165, 1.54) is 0 Å². The maximum atomic E-state index is 10.3. The van der Waals surface area contributed by atoms with E-state index in [-0.39, 0.29) is 23.5 Å². The molecule has 0 atom stereocenters. The lowest BCUT2D eigenvalue weighted by Gasteiger charge is -2.66. The van der Waals surface area contributed by atoms with Crippen LogP contribution >= 0.6 is 12.4 Å². The maximum absolute atomic E-state index is 10.3. The first kappa shape index (κ1) is 8.62. The first-order valence-corrected chi connectivity index (χ1v) is 3.31. The van der Waals surface area contributed by atoms with Crippen LogP contribution in [0.5, 0.6) is 0 Å². The summed E-state index contributed by atoms with van der Waals surface area (Å²) in [7, 11) is 0. The van der Waals surface area contributed by atoms with Crippen LogP contribution in [0.4, 0.5) is 4.79 Å². The number of rotatable bonds is 1. The molecule has 3 saturated carbocycles. The van der Waals surface area contributed by atoms with Crippen molar-refractivity contribution in [3.05, 3.63) is 0 Å². The molecule has 3 aliphatic carbocycles. The molecule has 5 heteroatoms. The Labute approximate surface area is 70.7 Å². The van der Waals surface area contributed by atoms with Gasteiger partial charge in [0.05, 0.1) is 0 Å². The fourth-order valence-corrected chi connectivity index (χ4v) is 2.09. The van der Waals surface area contributed by atoms with E-state index in [2.05, 4.69) is 0 Å². The van der Waals surface area contributed by atoms with Crippen molar-refractivity contribution in [1.29, 1.82) is 0 Å². The monoisotopic (exact) mass is 178 g/mol. The molecule has 3 aliphatic rings. The Bertz CT molecular complexity index is 187. The molecule has 0 aromatic carbocycles. The summed E-state index contributed by atoms with van der Waals surface area (Å²) in [6.07, 6.45) is 1.70. The van der Waals surface area contributed by atoms with Crippen LogP contribution in [-0.4, -0.2) is 17.2 Å². The van der Waals surface area contributed by atoms with Gasteiger partial charge in [-0.2, -0.15) is 0 Å². The van der Waals surface area contributed by atoms with Gasteiger partial charge in [-0.15, -0.1) is 12.4 Å². The Morgan fingerprint density at radius 3 is 2.09 bits per heavy atom. The van der Waals surface area contributed by atoms with Crippen molar-refractivity contribution >= 4 is 18.5 Å². The Balaban J connectivity index is 0.000000605. The zero-order valence-corrected chi connectivity index (χ0v) is 6.82. The van der Waals surface area contributed by atoms with Gasteiger partial charge in [0.1, 0.15) is 5.60 Å². The lowest BCUT2D eigenvalue weighted by molar-refractivity contribution is -0.202. The molecule has 64 valence electrons. The molecule has 0 aliphatic heterocycles. The summed E-state index contributed by atoms with van der Waals surface area (Å²) >= 11 is 0. The smallest absolute Gasteiger partial charge is 0.405 e. The van der Waals surface area contributed by atoms with Gasteiger partial charge in [0.25, 0.3) is 0 Å². The van der Waals surface area contributed by atoms with Crippen molar-refractivity contribution < 1.29 is 9.53 Å². The summed E-state index contributed by atoms with van der Waals surface area (Å²) < 4.78 is 4.86. The quantitative estimate of drug-likeness (QED) is 0.600. The van der Waals surface area contributed by atoms with Gasteiger partial charge in [0, 0.05) is 24.8 Å². The van der Waals surface area contributed by atoms with Crippen LogP contribution in [0.25, 0.3) is 0 Å². The molecular weight excluding hydrogens is 168 g/mol.